The summed E-state index contributed by atoms with van der Waals surface area (Å²) in [5.74, 6) is -0.161. The summed E-state index contributed by atoms with van der Waals surface area (Å²) in [5, 5.41) is 2.90. The average molecular weight is 269 g/mol. The molecule has 0 fully saturated rings. The Hall–Kier alpha value is -2.49. The summed E-state index contributed by atoms with van der Waals surface area (Å²) in [6, 6.07) is 13.0. The molecule has 104 valence electrons. The fraction of sp³-hybridized carbons (Fsp3) is 0.188. The van der Waals surface area contributed by atoms with Crippen molar-refractivity contribution in [3.63, 3.8) is 0 Å². The second kappa shape index (κ2) is 5.65. The van der Waals surface area contributed by atoms with Crippen LogP contribution in [0.4, 0.5) is 17.1 Å². The molecule has 0 heterocycles. The van der Waals surface area contributed by atoms with Crippen LogP contribution < -0.4 is 16.0 Å². The molecule has 0 aliphatic carbocycles. The van der Waals surface area contributed by atoms with Gasteiger partial charge in [-0.25, -0.2) is 0 Å². The molecule has 1 amide bonds. The number of aryl methyl sites for hydroxylation is 1. The number of amides is 1. The van der Waals surface area contributed by atoms with Crippen LogP contribution in [-0.2, 0) is 0 Å². The van der Waals surface area contributed by atoms with E-state index in [0.717, 1.165) is 16.9 Å². The van der Waals surface area contributed by atoms with Crippen LogP contribution in [0.25, 0.3) is 0 Å². The monoisotopic (exact) mass is 269 g/mol. The predicted octanol–water partition coefficient (Wildman–Crippen LogP) is 2.90. The van der Waals surface area contributed by atoms with Crippen molar-refractivity contribution in [1.29, 1.82) is 0 Å². The zero-order chi connectivity index (χ0) is 14.7. The highest BCUT2D eigenvalue weighted by atomic mass is 16.1. The first-order valence-corrected chi connectivity index (χ1v) is 6.42. The summed E-state index contributed by atoms with van der Waals surface area (Å²) in [6.45, 7) is 1.99. The van der Waals surface area contributed by atoms with Crippen LogP contribution in [0.15, 0.2) is 42.5 Å². The minimum absolute atomic E-state index is 0.161. The van der Waals surface area contributed by atoms with Crippen LogP contribution in [0.1, 0.15) is 15.9 Å². The van der Waals surface area contributed by atoms with E-state index < -0.39 is 0 Å². The summed E-state index contributed by atoms with van der Waals surface area (Å²) >= 11 is 0. The first-order chi connectivity index (χ1) is 9.47. The first kappa shape index (κ1) is 13.9. The number of nitrogens with two attached hydrogens (primary N) is 1. The van der Waals surface area contributed by atoms with Crippen LogP contribution in [-0.4, -0.2) is 20.0 Å². The van der Waals surface area contributed by atoms with Gasteiger partial charge in [0.25, 0.3) is 5.91 Å². The molecule has 2 rings (SSSR count). The summed E-state index contributed by atoms with van der Waals surface area (Å²) in [4.78, 5) is 14.3. The molecule has 0 aliphatic heterocycles. The molecule has 0 saturated carbocycles. The summed E-state index contributed by atoms with van der Waals surface area (Å²) in [5.41, 5.74) is 9.64. The molecule has 0 spiro atoms. The van der Waals surface area contributed by atoms with Crippen molar-refractivity contribution in [2.45, 2.75) is 6.92 Å². The summed E-state index contributed by atoms with van der Waals surface area (Å²) in [7, 11) is 3.80. The largest absolute Gasteiger partial charge is 0.399 e. The molecule has 2 aromatic rings. The molecule has 0 radical (unpaired) electrons. The lowest BCUT2D eigenvalue weighted by atomic mass is 10.1. The number of hydrogen-bond donors (Lipinski definition) is 2. The highest BCUT2D eigenvalue weighted by molar-refractivity contribution is 6.08. The van der Waals surface area contributed by atoms with E-state index in [0.29, 0.717) is 11.3 Å². The quantitative estimate of drug-likeness (QED) is 0.842. The van der Waals surface area contributed by atoms with Crippen LogP contribution in [0.5, 0.6) is 0 Å². The third-order valence-electron chi connectivity index (χ3n) is 3.02. The molecule has 4 nitrogen and oxygen atoms in total. The predicted molar refractivity (Wildman–Crippen MR) is 84.3 cm³/mol. The number of anilines is 3. The van der Waals surface area contributed by atoms with E-state index in [9.17, 15) is 4.79 Å². The van der Waals surface area contributed by atoms with Gasteiger partial charge in [0.1, 0.15) is 0 Å². The number of carbonyl (C=O) groups excluding carboxylic acids is 1. The van der Waals surface area contributed by atoms with E-state index >= 15 is 0 Å². The third kappa shape index (κ3) is 3.09. The standard InChI is InChI=1S/C16H19N3O/c1-11-5-4-6-13(9-11)18-16(20)14-10-12(17)7-8-15(14)19(2)3/h4-10H,17H2,1-3H3,(H,18,20). The van der Waals surface area contributed by atoms with Gasteiger partial charge in [-0.1, -0.05) is 12.1 Å². The van der Waals surface area contributed by atoms with E-state index in [4.69, 9.17) is 5.73 Å². The van der Waals surface area contributed by atoms with Gasteiger partial charge in [-0.2, -0.15) is 0 Å². The van der Waals surface area contributed by atoms with Crippen LogP contribution in [0.2, 0.25) is 0 Å². The van der Waals surface area contributed by atoms with Crippen molar-refractivity contribution in [2.24, 2.45) is 0 Å². The molecule has 0 unspecified atom stereocenters. The fourth-order valence-corrected chi connectivity index (χ4v) is 2.05. The second-order valence-corrected chi connectivity index (χ2v) is 4.99. The maximum Gasteiger partial charge on any atom is 0.257 e. The lowest BCUT2D eigenvalue weighted by Crippen LogP contribution is -2.18. The maximum atomic E-state index is 12.4. The molecule has 0 aliphatic rings. The Kier molecular flexibility index (Phi) is 3.94. The lowest BCUT2D eigenvalue weighted by molar-refractivity contribution is 0.102. The molecule has 0 atom stereocenters. The summed E-state index contributed by atoms with van der Waals surface area (Å²) in [6.07, 6.45) is 0. The molecule has 20 heavy (non-hydrogen) atoms. The Bertz CT molecular complexity index is 635. The van der Waals surface area contributed by atoms with E-state index in [-0.39, 0.29) is 5.91 Å². The van der Waals surface area contributed by atoms with Gasteiger partial charge in [0.15, 0.2) is 0 Å². The molecule has 0 aromatic heterocycles. The number of carbonyl (C=O) groups is 1. The highest BCUT2D eigenvalue weighted by Gasteiger charge is 2.13. The normalized spacial score (nSPS) is 10.2. The second-order valence-electron chi connectivity index (χ2n) is 4.99. The smallest absolute Gasteiger partial charge is 0.257 e. The molecular formula is C16H19N3O. The van der Waals surface area contributed by atoms with E-state index in [1.165, 1.54) is 0 Å². The molecule has 2 aromatic carbocycles. The maximum absolute atomic E-state index is 12.4. The minimum atomic E-state index is -0.161. The Balaban J connectivity index is 2.31. The van der Waals surface area contributed by atoms with Crippen molar-refractivity contribution in [3.8, 4) is 0 Å². The topological polar surface area (TPSA) is 58.4 Å². The van der Waals surface area contributed by atoms with E-state index in [1.54, 1.807) is 12.1 Å². The minimum Gasteiger partial charge on any atom is -0.399 e. The highest BCUT2D eigenvalue weighted by Crippen LogP contribution is 2.23. The van der Waals surface area contributed by atoms with E-state index in [1.807, 2.05) is 56.3 Å². The first-order valence-electron chi connectivity index (χ1n) is 6.42. The SMILES string of the molecule is Cc1cccc(NC(=O)c2cc(N)ccc2N(C)C)c1. The van der Waals surface area contributed by atoms with Gasteiger partial charge in [0.05, 0.1) is 5.56 Å². The van der Waals surface area contributed by atoms with Crippen molar-refractivity contribution in [1.82, 2.24) is 0 Å². The number of hydrogen-bond acceptors (Lipinski definition) is 3. The van der Waals surface area contributed by atoms with Gasteiger partial charge in [-0.3, -0.25) is 4.79 Å². The van der Waals surface area contributed by atoms with Crippen LogP contribution in [0, 0.1) is 6.92 Å². The fourth-order valence-electron chi connectivity index (χ4n) is 2.05. The van der Waals surface area contributed by atoms with Gasteiger partial charge in [0.2, 0.25) is 0 Å². The zero-order valence-corrected chi connectivity index (χ0v) is 12.0. The number of nitrogen functional groups attached to an aromatic ring is 1. The third-order valence-corrected chi connectivity index (χ3v) is 3.02. The van der Waals surface area contributed by atoms with Crippen molar-refractivity contribution in [2.75, 3.05) is 30.0 Å². The molecule has 4 heteroatoms. The number of nitrogens with zero attached hydrogens (tertiary/aromatic N) is 1. The Labute approximate surface area is 119 Å². The average Bonchev–Trinajstić information content (AvgIpc) is 2.38. The van der Waals surface area contributed by atoms with Gasteiger partial charge in [0, 0.05) is 31.2 Å². The number of nitrogens with one attached hydrogen (secondary N) is 1. The van der Waals surface area contributed by atoms with Crippen molar-refractivity contribution in [3.05, 3.63) is 53.6 Å². The van der Waals surface area contributed by atoms with Crippen LogP contribution >= 0.6 is 0 Å². The Morgan fingerprint density at radius 2 is 1.90 bits per heavy atom. The number of rotatable bonds is 3. The van der Waals surface area contributed by atoms with Gasteiger partial charge in [-0.15, -0.1) is 0 Å². The molecule has 3 N–H and O–H groups in total. The molecular weight excluding hydrogens is 250 g/mol. The molecule has 0 bridgehead atoms. The van der Waals surface area contributed by atoms with Crippen LogP contribution in [0.3, 0.4) is 0 Å². The Morgan fingerprint density at radius 3 is 2.55 bits per heavy atom. The van der Waals surface area contributed by atoms with Crippen molar-refractivity contribution >= 4 is 23.0 Å². The summed E-state index contributed by atoms with van der Waals surface area (Å²) < 4.78 is 0. The van der Waals surface area contributed by atoms with Gasteiger partial charge < -0.3 is 16.0 Å². The zero-order valence-electron chi connectivity index (χ0n) is 12.0. The van der Waals surface area contributed by atoms with Gasteiger partial charge >= 0.3 is 0 Å². The molecule has 0 saturated heterocycles. The van der Waals surface area contributed by atoms with Crippen molar-refractivity contribution < 1.29 is 4.79 Å². The van der Waals surface area contributed by atoms with E-state index in [2.05, 4.69) is 5.32 Å². The Morgan fingerprint density at radius 1 is 1.15 bits per heavy atom. The number of benzene rings is 2. The lowest BCUT2D eigenvalue weighted by Gasteiger charge is -2.17. The van der Waals surface area contributed by atoms with Gasteiger partial charge in [-0.05, 0) is 42.8 Å².